The van der Waals surface area contributed by atoms with Crippen molar-refractivity contribution in [1.82, 2.24) is 20.4 Å². The van der Waals surface area contributed by atoms with Crippen molar-refractivity contribution >= 4 is 0 Å². The van der Waals surface area contributed by atoms with Crippen LogP contribution in [-0.2, 0) is 18.9 Å². The fraction of sp³-hybridized carbons (Fsp3) is 1.00. The maximum atomic E-state index is 6.05. The SMILES string of the molecule is CC(C)CNCC1CN(CCOCCCC(C)(C)CCC(C)CNC[C@@H]2CN(CCOCCCC(C)(C)C)CCO2)CCO1. The van der Waals surface area contributed by atoms with Crippen molar-refractivity contribution in [1.29, 1.82) is 0 Å². The first-order chi connectivity index (χ1) is 20.9. The monoisotopic (exact) mass is 627 g/mol. The van der Waals surface area contributed by atoms with Crippen LogP contribution in [0.15, 0.2) is 0 Å². The second kappa shape index (κ2) is 22.3. The summed E-state index contributed by atoms with van der Waals surface area (Å²) >= 11 is 0. The first-order valence-electron chi connectivity index (χ1n) is 18.2. The zero-order valence-corrected chi connectivity index (χ0v) is 30.4. The van der Waals surface area contributed by atoms with E-state index >= 15 is 0 Å². The average molecular weight is 627 g/mol. The van der Waals surface area contributed by atoms with E-state index in [2.05, 4.69) is 75.8 Å². The molecule has 2 heterocycles. The second-order valence-electron chi connectivity index (χ2n) is 16.1. The molecule has 8 heteroatoms. The van der Waals surface area contributed by atoms with Crippen LogP contribution in [0.5, 0.6) is 0 Å². The largest absolute Gasteiger partial charge is 0.380 e. The molecule has 262 valence electrons. The zero-order valence-electron chi connectivity index (χ0n) is 30.4. The molecule has 3 atom stereocenters. The van der Waals surface area contributed by atoms with Gasteiger partial charge in [0.2, 0.25) is 0 Å². The van der Waals surface area contributed by atoms with Crippen LogP contribution in [0.4, 0.5) is 0 Å². The Morgan fingerprint density at radius 3 is 1.75 bits per heavy atom. The molecular weight excluding hydrogens is 552 g/mol. The van der Waals surface area contributed by atoms with E-state index in [0.717, 1.165) is 118 Å². The minimum atomic E-state index is 0.282. The molecule has 0 spiro atoms. The van der Waals surface area contributed by atoms with Crippen molar-refractivity contribution in [2.45, 2.75) is 106 Å². The number of hydrogen-bond donors (Lipinski definition) is 2. The Morgan fingerprint density at radius 1 is 0.705 bits per heavy atom. The smallest absolute Gasteiger partial charge is 0.0826 e. The summed E-state index contributed by atoms with van der Waals surface area (Å²) < 4.78 is 23.9. The van der Waals surface area contributed by atoms with Gasteiger partial charge in [-0.3, -0.25) is 9.80 Å². The maximum absolute atomic E-state index is 6.05. The van der Waals surface area contributed by atoms with Gasteiger partial charge in [-0.25, -0.2) is 0 Å². The Labute approximate surface area is 273 Å². The maximum Gasteiger partial charge on any atom is 0.0826 e. The van der Waals surface area contributed by atoms with Crippen molar-refractivity contribution in [2.24, 2.45) is 22.7 Å². The molecule has 0 radical (unpaired) electrons. The fourth-order valence-electron chi connectivity index (χ4n) is 6.05. The molecule has 0 aliphatic carbocycles. The Bertz CT molecular complexity index is 702. The second-order valence-corrected chi connectivity index (χ2v) is 16.1. The Balaban J connectivity index is 1.45. The lowest BCUT2D eigenvalue weighted by Crippen LogP contribution is -2.48. The van der Waals surface area contributed by atoms with Crippen molar-refractivity contribution in [3.8, 4) is 0 Å². The van der Waals surface area contributed by atoms with E-state index in [-0.39, 0.29) is 6.10 Å². The van der Waals surface area contributed by atoms with Crippen molar-refractivity contribution in [2.75, 3.05) is 105 Å². The van der Waals surface area contributed by atoms with Crippen molar-refractivity contribution < 1.29 is 18.9 Å². The van der Waals surface area contributed by atoms with E-state index in [1.165, 1.54) is 25.7 Å². The molecule has 2 rings (SSSR count). The van der Waals surface area contributed by atoms with Gasteiger partial charge in [0.1, 0.15) is 0 Å². The molecule has 2 unspecified atom stereocenters. The van der Waals surface area contributed by atoms with Crippen LogP contribution in [0.2, 0.25) is 0 Å². The standard InChI is InChI=1S/C36H74N4O4/c1-31(2)25-37-27-33-29-39(17-23-43-33)16-22-42-20-10-13-36(7,8)14-11-32(3)26-38-28-34-30-40(18-24-44-34)15-21-41-19-9-12-35(4,5)6/h31-34,37-38H,9-30H2,1-8H3/t32?,33?,34-/m1/s1. The van der Waals surface area contributed by atoms with Gasteiger partial charge in [0.05, 0.1) is 38.6 Å². The summed E-state index contributed by atoms with van der Waals surface area (Å²) in [6, 6.07) is 0. The molecule has 2 aliphatic heterocycles. The molecule has 0 aromatic rings. The molecule has 0 aromatic carbocycles. The van der Waals surface area contributed by atoms with E-state index in [1.807, 2.05) is 0 Å². The summed E-state index contributed by atoms with van der Waals surface area (Å²) in [5.41, 5.74) is 0.760. The lowest BCUT2D eigenvalue weighted by atomic mass is 9.81. The third kappa shape index (κ3) is 20.7. The number of ether oxygens (including phenoxy) is 4. The fourth-order valence-corrected chi connectivity index (χ4v) is 6.05. The van der Waals surface area contributed by atoms with Crippen LogP contribution in [0.3, 0.4) is 0 Å². The molecule has 44 heavy (non-hydrogen) atoms. The quantitative estimate of drug-likeness (QED) is 0.140. The third-order valence-electron chi connectivity index (χ3n) is 9.01. The van der Waals surface area contributed by atoms with Crippen LogP contribution in [0, 0.1) is 22.7 Å². The molecule has 0 aromatic heterocycles. The molecular formula is C36H74N4O4. The number of morpholine rings is 2. The molecule has 0 bridgehead atoms. The van der Waals surface area contributed by atoms with Crippen molar-refractivity contribution in [3.05, 3.63) is 0 Å². The highest BCUT2D eigenvalue weighted by Crippen LogP contribution is 2.30. The van der Waals surface area contributed by atoms with E-state index in [0.29, 0.717) is 28.8 Å². The normalized spacial score (nSPS) is 21.8. The Hall–Kier alpha value is -0.320. The highest BCUT2D eigenvalue weighted by atomic mass is 16.5. The van der Waals surface area contributed by atoms with Crippen LogP contribution < -0.4 is 10.6 Å². The number of rotatable bonds is 24. The molecule has 2 aliphatic rings. The lowest BCUT2D eigenvalue weighted by Gasteiger charge is -2.33. The minimum absolute atomic E-state index is 0.282. The van der Waals surface area contributed by atoms with Crippen molar-refractivity contribution in [3.63, 3.8) is 0 Å². The van der Waals surface area contributed by atoms with Crippen LogP contribution >= 0.6 is 0 Å². The van der Waals surface area contributed by atoms with Crippen LogP contribution in [-0.4, -0.2) is 127 Å². The summed E-state index contributed by atoms with van der Waals surface area (Å²) in [4.78, 5) is 4.99. The first-order valence-corrected chi connectivity index (χ1v) is 18.2. The van der Waals surface area contributed by atoms with E-state index in [4.69, 9.17) is 18.9 Å². The van der Waals surface area contributed by atoms with Gasteiger partial charge in [-0.05, 0) is 74.3 Å². The number of nitrogens with zero attached hydrogens (tertiary/aromatic N) is 2. The van der Waals surface area contributed by atoms with E-state index in [9.17, 15) is 0 Å². The van der Waals surface area contributed by atoms with Gasteiger partial charge >= 0.3 is 0 Å². The van der Waals surface area contributed by atoms with Gasteiger partial charge in [0.15, 0.2) is 0 Å². The van der Waals surface area contributed by atoms with Gasteiger partial charge < -0.3 is 29.6 Å². The molecule has 8 nitrogen and oxygen atoms in total. The lowest BCUT2D eigenvalue weighted by molar-refractivity contribution is -0.0353. The van der Waals surface area contributed by atoms with Crippen LogP contribution in [0.25, 0.3) is 0 Å². The zero-order chi connectivity index (χ0) is 32.3. The number of hydrogen-bond acceptors (Lipinski definition) is 8. The summed E-state index contributed by atoms with van der Waals surface area (Å²) in [6.07, 6.45) is 7.84. The predicted octanol–water partition coefficient (Wildman–Crippen LogP) is 5.31. The van der Waals surface area contributed by atoms with Gasteiger partial charge in [-0.15, -0.1) is 0 Å². The molecule has 2 fully saturated rings. The molecule has 2 N–H and O–H groups in total. The van der Waals surface area contributed by atoms with Gasteiger partial charge in [-0.1, -0.05) is 55.4 Å². The summed E-state index contributed by atoms with van der Waals surface area (Å²) in [5, 5.41) is 7.23. The average Bonchev–Trinajstić information content (AvgIpc) is 2.95. The van der Waals surface area contributed by atoms with E-state index in [1.54, 1.807) is 0 Å². The predicted molar refractivity (Wildman–Crippen MR) is 185 cm³/mol. The van der Waals surface area contributed by atoms with Gasteiger partial charge in [-0.2, -0.15) is 0 Å². The van der Waals surface area contributed by atoms with Gasteiger partial charge in [0.25, 0.3) is 0 Å². The topological polar surface area (TPSA) is 67.5 Å². The summed E-state index contributed by atoms with van der Waals surface area (Å²) in [7, 11) is 0. The summed E-state index contributed by atoms with van der Waals surface area (Å²) in [6.45, 7) is 33.7. The molecule has 2 saturated heterocycles. The first kappa shape index (κ1) is 39.9. The molecule has 0 amide bonds. The van der Waals surface area contributed by atoms with E-state index < -0.39 is 0 Å². The Kier molecular flexibility index (Phi) is 20.2. The van der Waals surface area contributed by atoms with Gasteiger partial charge in [0, 0.05) is 65.6 Å². The number of nitrogens with one attached hydrogen (secondary N) is 2. The van der Waals surface area contributed by atoms with Crippen LogP contribution in [0.1, 0.15) is 93.9 Å². The third-order valence-corrected chi connectivity index (χ3v) is 9.01. The highest BCUT2D eigenvalue weighted by molar-refractivity contribution is 4.76. The Morgan fingerprint density at radius 2 is 1.23 bits per heavy atom. The minimum Gasteiger partial charge on any atom is -0.380 e. The molecule has 0 saturated carbocycles. The highest BCUT2D eigenvalue weighted by Gasteiger charge is 2.22. The summed E-state index contributed by atoms with van der Waals surface area (Å²) in [5.74, 6) is 1.35.